The summed E-state index contributed by atoms with van der Waals surface area (Å²) in [7, 11) is 1.72. The first kappa shape index (κ1) is 18.9. The van der Waals surface area contributed by atoms with Crippen molar-refractivity contribution in [1.82, 2.24) is 9.97 Å². The van der Waals surface area contributed by atoms with Crippen molar-refractivity contribution in [3.8, 4) is 0 Å². The van der Waals surface area contributed by atoms with Gasteiger partial charge in [0.25, 0.3) is 0 Å². The van der Waals surface area contributed by atoms with Gasteiger partial charge in [-0.3, -0.25) is 0 Å². The largest absolute Gasteiger partial charge is 0.383 e. The van der Waals surface area contributed by atoms with Crippen LogP contribution in [-0.2, 0) is 22.5 Å². The van der Waals surface area contributed by atoms with Gasteiger partial charge >= 0.3 is 0 Å². The Bertz CT molecular complexity index is 731. The van der Waals surface area contributed by atoms with E-state index in [2.05, 4.69) is 26.1 Å². The molecule has 0 fully saturated rings. The van der Waals surface area contributed by atoms with Crippen LogP contribution in [0.2, 0.25) is 0 Å². The van der Waals surface area contributed by atoms with Crippen molar-refractivity contribution < 1.29 is 9.47 Å². The maximum absolute atomic E-state index is 5.99. The lowest BCUT2D eigenvalue weighted by Gasteiger charge is -2.30. The molecule has 0 saturated heterocycles. The maximum Gasteiger partial charge on any atom is 0.190 e. The zero-order chi connectivity index (χ0) is 17.9. The van der Waals surface area contributed by atoms with Gasteiger partial charge in [0, 0.05) is 30.7 Å². The fourth-order valence-corrected chi connectivity index (χ4v) is 4.98. The number of hydrogen-bond donors (Lipinski definition) is 1. The summed E-state index contributed by atoms with van der Waals surface area (Å²) in [5, 5.41) is 5.49. The third-order valence-corrected chi connectivity index (χ3v) is 6.27. The first-order valence-electron chi connectivity index (χ1n) is 8.86. The highest BCUT2D eigenvalue weighted by molar-refractivity contribution is 7.99. The van der Waals surface area contributed by atoms with E-state index >= 15 is 0 Å². The van der Waals surface area contributed by atoms with E-state index in [0.29, 0.717) is 13.2 Å². The molecule has 5 nitrogen and oxygen atoms in total. The number of nitrogens with zero attached hydrogens (tertiary/aromatic N) is 2. The molecular formula is C18H27N3O2S2. The summed E-state index contributed by atoms with van der Waals surface area (Å²) in [6.45, 7) is 8.56. The monoisotopic (exact) mass is 381 g/mol. The predicted octanol–water partition coefficient (Wildman–Crippen LogP) is 4.49. The number of nitrogens with one attached hydrogen (secondary N) is 1. The third-order valence-electron chi connectivity index (χ3n) is 4.24. The molecule has 1 N–H and O–H groups in total. The number of rotatable bonds is 8. The van der Waals surface area contributed by atoms with Gasteiger partial charge in [-0.15, -0.1) is 11.3 Å². The lowest BCUT2D eigenvalue weighted by molar-refractivity contribution is -0.0379. The maximum atomic E-state index is 5.99. The first-order chi connectivity index (χ1) is 12.0. The van der Waals surface area contributed by atoms with Crippen molar-refractivity contribution in [3.05, 3.63) is 10.4 Å². The van der Waals surface area contributed by atoms with Crippen molar-refractivity contribution in [3.63, 3.8) is 0 Å². The molecule has 2 aromatic rings. The summed E-state index contributed by atoms with van der Waals surface area (Å²) in [5.74, 6) is 2.00. The number of thioether (sulfide) groups is 1. The van der Waals surface area contributed by atoms with E-state index in [9.17, 15) is 0 Å². The van der Waals surface area contributed by atoms with Crippen molar-refractivity contribution >= 4 is 39.1 Å². The van der Waals surface area contributed by atoms with Gasteiger partial charge in [-0.25, -0.2) is 9.97 Å². The number of methoxy groups -OCH3 is 1. The Hall–Kier alpha value is -0.890. The van der Waals surface area contributed by atoms with Gasteiger partial charge in [0.15, 0.2) is 5.16 Å². The molecule has 0 aliphatic carbocycles. The zero-order valence-corrected chi connectivity index (χ0v) is 17.1. The van der Waals surface area contributed by atoms with E-state index in [1.165, 1.54) is 28.7 Å². The highest BCUT2D eigenvalue weighted by Crippen LogP contribution is 2.41. The van der Waals surface area contributed by atoms with Crippen LogP contribution >= 0.6 is 23.1 Å². The molecule has 7 heteroatoms. The van der Waals surface area contributed by atoms with Gasteiger partial charge in [0.1, 0.15) is 10.6 Å². The fourth-order valence-electron chi connectivity index (χ4n) is 2.90. The Balaban J connectivity index is 1.98. The molecule has 0 aromatic carbocycles. The van der Waals surface area contributed by atoms with Gasteiger partial charge in [-0.05, 0) is 25.8 Å². The molecule has 0 unspecified atom stereocenters. The summed E-state index contributed by atoms with van der Waals surface area (Å²) in [6, 6.07) is 0. The molecule has 0 bridgehead atoms. The van der Waals surface area contributed by atoms with Crippen LogP contribution in [0, 0.1) is 0 Å². The van der Waals surface area contributed by atoms with Crippen molar-refractivity contribution in [1.29, 1.82) is 0 Å². The highest BCUT2D eigenvalue weighted by Gasteiger charge is 2.31. The van der Waals surface area contributed by atoms with Gasteiger partial charge in [-0.1, -0.05) is 25.1 Å². The summed E-state index contributed by atoms with van der Waals surface area (Å²) in [6.07, 6.45) is 3.27. The number of hydrogen-bond acceptors (Lipinski definition) is 7. The standard InChI is InChI=1S/C18H27N3O2S2/c1-5-6-9-24-17-20-15(19-7-8-22-4)14-12-10-18(2,3)23-11-13(12)25-16(14)21-17/h5-11H2,1-4H3,(H,19,20,21). The predicted molar refractivity (Wildman–Crippen MR) is 106 cm³/mol. The zero-order valence-electron chi connectivity index (χ0n) is 15.5. The molecule has 1 aliphatic rings. The van der Waals surface area contributed by atoms with E-state index in [0.717, 1.165) is 34.5 Å². The smallest absolute Gasteiger partial charge is 0.190 e. The second-order valence-electron chi connectivity index (χ2n) is 6.89. The summed E-state index contributed by atoms with van der Waals surface area (Å²) >= 11 is 3.49. The normalized spacial score (nSPS) is 16.2. The molecule has 0 radical (unpaired) electrons. The molecule has 1 aliphatic heterocycles. The van der Waals surface area contributed by atoms with Crippen LogP contribution < -0.4 is 5.32 Å². The molecule has 0 atom stereocenters. The number of unbranched alkanes of at least 4 members (excludes halogenated alkanes) is 1. The van der Waals surface area contributed by atoms with E-state index in [4.69, 9.17) is 19.4 Å². The molecule has 3 heterocycles. The van der Waals surface area contributed by atoms with Crippen LogP contribution in [0.1, 0.15) is 44.1 Å². The summed E-state index contributed by atoms with van der Waals surface area (Å²) in [5.41, 5.74) is 1.21. The average molecular weight is 382 g/mol. The Morgan fingerprint density at radius 2 is 2.20 bits per heavy atom. The van der Waals surface area contributed by atoms with Crippen LogP contribution in [0.25, 0.3) is 10.2 Å². The molecule has 0 spiro atoms. The molecule has 0 amide bonds. The number of anilines is 1. The second-order valence-corrected chi connectivity index (χ2v) is 9.03. The minimum Gasteiger partial charge on any atom is -0.383 e. The molecule has 25 heavy (non-hydrogen) atoms. The van der Waals surface area contributed by atoms with E-state index < -0.39 is 0 Å². The van der Waals surface area contributed by atoms with Gasteiger partial charge in [0.05, 0.1) is 24.2 Å². The Morgan fingerprint density at radius 3 is 2.96 bits per heavy atom. The lowest BCUT2D eigenvalue weighted by atomic mass is 9.94. The summed E-state index contributed by atoms with van der Waals surface area (Å²) < 4.78 is 11.2. The van der Waals surface area contributed by atoms with Gasteiger partial charge in [0.2, 0.25) is 0 Å². The highest BCUT2D eigenvalue weighted by atomic mass is 32.2. The van der Waals surface area contributed by atoms with E-state index in [1.807, 2.05) is 0 Å². The minimum absolute atomic E-state index is 0.140. The number of ether oxygens (including phenoxy) is 2. The van der Waals surface area contributed by atoms with Crippen LogP contribution in [0.4, 0.5) is 5.82 Å². The Kier molecular flexibility index (Phi) is 6.20. The molecule has 0 saturated carbocycles. The fraction of sp³-hybridized carbons (Fsp3) is 0.667. The number of thiophene rings is 1. The number of fused-ring (bicyclic) bond motifs is 3. The van der Waals surface area contributed by atoms with Crippen LogP contribution in [0.15, 0.2) is 5.16 Å². The quantitative estimate of drug-likeness (QED) is 0.413. The van der Waals surface area contributed by atoms with Crippen LogP contribution in [0.5, 0.6) is 0 Å². The SMILES string of the molecule is CCCCSc1nc(NCCOC)c2c3c(sc2n1)COC(C)(C)C3. The third kappa shape index (κ3) is 4.45. The summed E-state index contributed by atoms with van der Waals surface area (Å²) in [4.78, 5) is 12.0. The topological polar surface area (TPSA) is 56.3 Å². The van der Waals surface area contributed by atoms with Crippen molar-refractivity contribution in [2.75, 3.05) is 31.3 Å². The van der Waals surface area contributed by atoms with Crippen LogP contribution in [-0.4, -0.2) is 41.6 Å². The van der Waals surface area contributed by atoms with Crippen LogP contribution in [0.3, 0.4) is 0 Å². The molecule has 138 valence electrons. The lowest BCUT2D eigenvalue weighted by Crippen LogP contribution is -2.31. The molecule has 3 rings (SSSR count). The Labute approximate surface area is 157 Å². The van der Waals surface area contributed by atoms with E-state index in [1.54, 1.807) is 30.2 Å². The minimum atomic E-state index is -0.140. The van der Waals surface area contributed by atoms with Gasteiger partial charge < -0.3 is 14.8 Å². The van der Waals surface area contributed by atoms with Crippen molar-refractivity contribution in [2.45, 2.75) is 57.4 Å². The van der Waals surface area contributed by atoms with Gasteiger partial charge in [-0.2, -0.15) is 0 Å². The Morgan fingerprint density at radius 1 is 1.36 bits per heavy atom. The molecule has 2 aromatic heterocycles. The average Bonchev–Trinajstić information content (AvgIpc) is 2.92. The molecular weight excluding hydrogens is 354 g/mol. The second kappa shape index (κ2) is 8.20. The number of aromatic nitrogens is 2. The van der Waals surface area contributed by atoms with Crippen molar-refractivity contribution in [2.24, 2.45) is 0 Å². The van der Waals surface area contributed by atoms with E-state index in [-0.39, 0.29) is 5.60 Å². The first-order valence-corrected chi connectivity index (χ1v) is 10.7.